The van der Waals surface area contributed by atoms with Crippen molar-refractivity contribution in [3.63, 3.8) is 0 Å². The van der Waals surface area contributed by atoms with Crippen molar-refractivity contribution in [2.45, 2.75) is 20.4 Å². The number of rotatable bonds is 2. The second-order valence-electron chi connectivity index (χ2n) is 5.13. The summed E-state index contributed by atoms with van der Waals surface area (Å²) in [6.07, 6.45) is 0. The molecular formula is C17H14ClFN2OS. The van der Waals surface area contributed by atoms with Crippen LogP contribution in [0.4, 0.5) is 4.39 Å². The van der Waals surface area contributed by atoms with E-state index in [2.05, 4.69) is 4.99 Å². The SMILES string of the molecule is CCn1c(=NC(=O)c2cccc(F)c2)sc2cc(Cl)cc(C)c21. The largest absolute Gasteiger partial charge is 0.316 e. The first-order valence-electron chi connectivity index (χ1n) is 7.13. The molecule has 0 saturated carbocycles. The molecule has 0 bridgehead atoms. The number of nitrogens with zero attached hydrogens (tertiary/aromatic N) is 2. The molecule has 23 heavy (non-hydrogen) atoms. The minimum absolute atomic E-state index is 0.236. The molecule has 0 fully saturated rings. The Kier molecular flexibility index (Phi) is 4.33. The topological polar surface area (TPSA) is 34.4 Å². The number of hydrogen-bond acceptors (Lipinski definition) is 2. The van der Waals surface area contributed by atoms with Gasteiger partial charge >= 0.3 is 0 Å². The average Bonchev–Trinajstić information content (AvgIpc) is 2.84. The van der Waals surface area contributed by atoms with Crippen molar-refractivity contribution in [2.24, 2.45) is 4.99 Å². The van der Waals surface area contributed by atoms with Crippen molar-refractivity contribution in [3.8, 4) is 0 Å². The summed E-state index contributed by atoms with van der Waals surface area (Å²) < 4.78 is 16.2. The monoisotopic (exact) mass is 348 g/mol. The van der Waals surface area contributed by atoms with Crippen LogP contribution in [0.2, 0.25) is 5.02 Å². The van der Waals surface area contributed by atoms with Crippen molar-refractivity contribution in [1.82, 2.24) is 4.57 Å². The number of aryl methyl sites for hydroxylation is 2. The van der Waals surface area contributed by atoms with Gasteiger partial charge in [-0.15, -0.1) is 0 Å². The van der Waals surface area contributed by atoms with Crippen LogP contribution < -0.4 is 4.80 Å². The van der Waals surface area contributed by atoms with Gasteiger partial charge in [0.2, 0.25) is 0 Å². The molecule has 3 aromatic rings. The van der Waals surface area contributed by atoms with E-state index in [-0.39, 0.29) is 5.56 Å². The zero-order chi connectivity index (χ0) is 16.6. The van der Waals surface area contributed by atoms with E-state index in [0.717, 1.165) is 15.8 Å². The minimum Gasteiger partial charge on any atom is -0.316 e. The summed E-state index contributed by atoms with van der Waals surface area (Å²) in [6.45, 7) is 4.65. The highest BCUT2D eigenvalue weighted by molar-refractivity contribution is 7.16. The highest BCUT2D eigenvalue weighted by Crippen LogP contribution is 2.25. The van der Waals surface area contributed by atoms with E-state index in [9.17, 15) is 9.18 Å². The van der Waals surface area contributed by atoms with Crippen LogP contribution in [0, 0.1) is 12.7 Å². The fourth-order valence-electron chi connectivity index (χ4n) is 2.53. The Balaban J connectivity index is 2.19. The first-order valence-corrected chi connectivity index (χ1v) is 8.33. The number of carbonyl (C=O) groups is 1. The van der Waals surface area contributed by atoms with Gasteiger partial charge in [-0.1, -0.05) is 29.0 Å². The Labute approximate surface area is 141 Å². The highest BCUT2D eigenvalue weighted by atomic mass is 35.5. The lowest BCUT2D eigenvalue weighted by Gasteiger charge is -2.04. The third-order valence-electron chi connectivity index (χ3n) is 3.52. The molecule has 0 aliphatic heterocycles. The fraction of sp³-hybridized carbons (Fsp3) is 0.176. The van der Waals surface area contributed by atoms with E-state index in [1.807, 2.05) is 30.5 Å². The molecule has 0 atom stereocenters. The summed E-state index contributed by atoms with van der Waals surface area (Å²) in [5, 5.41) is 0.655. The Hall–Kier alpha value is -1.98. The molecule has 0 aliphatic rings. The van der Waals surface area contributed by atoms with Crippen LogP contribution in [0.3, 0.4) is 0 Å². The maximum Gasteiger partial charge on any atom is 0.279 e. The molecule has 6 heteroatoms. The second kappa shape index (κ2) is 6.26. The van der Waals surface area contributed by atoms with Gasteiger partial charge in [0.05, 0.1) is 10.2 Å². The Morgan fingerprint density at radius 1 is 1.35 bits per heavy atom. The third-order valence-corrected chi connectivity index (χ3v) is 4.76. The lowest BCUT2D eigenvalue weighted by molar-refractivity contribution is 0.0997. The summed E-state index contributed by atoms with van der Waals surface area (Å²) in [7, 11) is 0. The van der Waals surface area contributed by atoms with Crippen molar-refractivity contribution in [2.75, 3.05) is 0 Å². The van der Waals surface area contributed by atoms with Gasteiger partial charge in [-0.2, -0.15) is 4.99 Å². The lowest BCUT2D eigenvalue weighted by Crippen LogP contribution is -2.16. The van der Waals surface area contributed by atoms with E-state index >= 15 is 0 Å². The van der Waals surface area contributed by atoms with Crippen LogP contribution in [0.1, 0.15) is 22.8 Å². The summed E-state index contributed by atoms with van der Waals surface area (Å²) in [6, 6.07) is 9.31. The number of aromatic nitrogens is 1. The first-order chi connectivity index (χ1) is 11.0. The molecule has 0 aliphatic carbocycles. The quantitative estimate of drug-likeness (QED) is 0.668. The van der Waals surface area contributed by atoms with Crippen molar-refractivity contribution < 1.29 is 9.18 Å². The Morgan fingerprint density at radius 3 is 2.83 bits per heavy atom. The average molecular weight is 349 g/mol. The number of thiazole rings is 1. The molecular weight excluding hydrogens is 335 g/mol. The van der Waals surface area contributed by atoms with Crippen molar-refractivity contribution >= 4 is 39.1 Å². The number of benzene rings is 2. The van der Waals surface area contributed by atoms with Gasteiger partial charge in [-0.25, -0.2) is 4.39 Å². The minimum atomic E-state index is -0.456. The lowest BCUT2D eigenvalue weighted by atomic mass is 10.2. The molecule has 1 heterocycles. The summed E-state index contributed by atoms with van der Waals surface area (Å²) >= 11 is 7.51. The summed E-state index contributed by atoms with van der Waals surface area (Å²) in [5.41, 5.74) is 2.29. The predicted molar refractivity (Wildman–Crippen MR) is 91.5 cm³/mol. The number of hydrogen-bond donors (Lipinski definition) is 0. The number of amides is 1. The third kappa shape index (κ3) is 3.07. The van der Waals surface area contributed by atoms with Gasteiger partial charge in [0.25, 0.3) is 5.91 Å². The molecule has 1 aromatic heterocycles. The molecule has 1 amide bonds. The van der Waals surface area contributed by atoms with Crippen LogP contribution in [0.5, 0.6) is 0 Å². The zero-order valence-electron chi connectivity index (χ0n) is 12.6. The second-order valence-corrected chi connectivity index (χ2v) is 6.57. The van der Waals surface area contributed by atoms with E-state index in [1.54, 1.807) is 6.07 Å². The molecule has 2 aromatic carbocycles. The van der Waals surface area contributed by atoms with Crippen LogP contribution >= 0.6 is 22.9 Å². The van der Waals surface area contributed by atoms with E-state index in [0.29, 0.717) is 16.4 Å². The normalized spacial score (nSPS) is 12.1. The smallest absolute Gasteiger partial charge is 0.279 e. The van der Waals surface area contributed by atoms with E-state index in [4.69, 9.17) is 11.6 Å². The fourth-order valence-corrected chi connectivity index (χ4v) is 4.07. The summed E-state index contributed by atoms with van der Waals surface area (Å²) in [4.78, 5) is 17.1. The highest BCUT2D eigenvalue weighted by Gasteiger charge is 2.11. The van der Waals surface area contributed by atoms with Crippen molar-refractivity contribution in [3.05, 3.63) is 63.2 Å². The van der Waals surface area contributed by atoms with E-state index in [1.165, 1.54) is 29.5 Å². The van der Waals surface area contributed by atoms with Crippen LogP contribution in [0.15, 0.2) is 41.4 Å². The van der Waals surface area contributed by atoms with Gasteiger partial charge in [0.15, 0.2) is 4.80 Å². The molecule has 0 N–H and O–H groups in total. The number of fused-ring (bicyclic) bond motifs is 1. The molecule has 3 nitrogen and oxygen atoms in total. The first kappa shape index (κ1) is 15.9. The molecule has 118 valence electrons. The molecule has 0 radical (unpaired) electrons. The van der Waals surface area contributed by atoms with Crippen LogP contribution in [0.25, 0.3) is 10.2 Å². The van der Waals surface area contributed by atoms with Gasteiger partial charge in [0.1, 0.15) is 5.82 Å². The Bertz CT molecular complexity index is 974. The van der Waals surface area contributed by atoms with Crippen LogP contribution in [-0.2, 0) is 6.54 Å². The summed E-state index contributed by atoms with van der Waals surface area (Å²) in [5.74, 6) is -0.907. The molecule has 3 rings (SSSR count). The zero-order valence-corrected chi connectivity index (χ0v) is 14.2. The van der Waals surface area contributed by atoms with Gasteiger partial charge in [-0.05, 0) is 49.7 Å². The molecule has 0 saturated heterocycles. The maximum atomic E-state index is 13.3. The van der Waals surface area contributed by atoms with Gasteiger partial charge < -0.3 is 4.57 Å². The standard InChI is InChI=1S/C17H14ClFN2OS/c1-3-21-15-10(2)7-12(18)9-14(15)23-17(21)20-16(22)11-5-4-6-13(19)8-11/h4-9H,3H2,1-2H3. The van der Waals surface area contributed by atoms with Crippen LogP contribution in [-0.4, -0.2) is 10.5 Å². The molecule has 0 unspecified atom stereocenters. The maximum absolute atomic E-state index is 13.3. The van der Waals surface area contributed by atoms with Crippen molar-refractivity contribution in [1.29, 1.82) is 0 Å². The van der Waals surface area contributed by atoms with E-state index < -0.39 is 11.7 Å². The predicted octanol–water partition coefficient (Wildman–Crippen LogP) is 4.56. The Morgan fingerprint density at radius 2 is 2.13 bits per heavy atom. The van der Waals surface area contributed by atoms with Gasteiger partial charge in [-0.3, -0.25) is 4.79 Å². The number of halogens is 2. The van der Waals surface area contributed by atoms with Gasteiger partial charge in [0, 0.05) is 17.1 Å². The number of carbonyl (C=O) groups excluding carboxylic acids is 1. The molecule has 0 spiro atoms.